The van der Waals surface area contributed by atoms with Gasteiger partial charge in [-0.1, -0.05) is 36.4 Å². The van der Waals surface area contributed by atoms with Gasteiger partial charge in [-0.15, -0.1) is 0 Å². The van der Waals surface area contributed by atoms with E-state index in [0.29, 0.717) is 6.04 Å². The molecule has 0 spiro atoms. The van der Waals surface area contributed by atoms with Gasteiger partial charge in [-0.2, -0.15) is 0 Å². The summed E-state index contributed by atoms with van der Waals surface area (Å²) in [5.41, 5.74) is 10.9. The third kappa shape index (κ3) is 2.49. The van der Waals surface area contributed by atoms with Crippen molar-refractivity contribution in [2.24, 2.45) is 0 Å². The fourth-order valence-corrected chi connectivity index (χ4v) is 2.83. The quantitative estimate of drug-likeness (QED) is 0.830. The van der Waals surface area contributed by atoms with Gasteiger partial charge in [0.25, 0.3) is 0 Å². The summed E-state index contributed by atoms with van der Waals surface area (Å²) in [6.07, 6.45) is 1.15. The average molecular weight is 252 g/mol. The Hall–Kier alpha value is -1.80. The van der Waals surface area contributed by atoms with E-state index in [1.54, 1.807) is 0 Å². The molecule has 98 valence electrons. The van der Waals surface area contributed by atoms with E-state index < -0.39 is 0 Å². The highest BCUT2D eigenvalue weighted by Gasteiger charge is 2.21. The zero-order valence-corrected chi connectivity index (χ0v) is 11.3. The van der Waals surface area contributed by atoms with Gasteiger partial charge >= 0.3 is 0 Å². The summed E-state index contributed by atoms with van der Waals surface area (Å²) in [7, 11) is 0. The van der Waals surface area contributed by atoms with Crippen molar-refractivity contribution in [2.75, 3.05) is 12.3 Å². The predicted molar refractivity (Wildman–Crippen MR) is 79.8 cm³/mol. The second-order valence-electron chi connectivity index (χ2n) is 5.33. The Bertz CT molecular complexity index is 560. The number of benzene rings is 2. The fourth-order valence-electron chi connectivity index (χ4n) is 2.83. The maximum absolute atomic E-state index is 5.75. The van der Waals surface area contributed by atoms with Crippen LogP contribution in [0.4, 0.5) is 5.69 Å². The first-order valence-corrected chi connectivity index (χ1v) is 6.90. The largest absolute Gasteiger partial charge is 0.399 e. The van der Waals surface area contributed by atoms with Gasteiger partial charge in [0.1, 0.15) is 0 Å². The Balaban J connectivity index is 1.79. The molecule has 2 aromatic rings. The Morgan fingerprint density at radius 1 is 1.00 bits per heavy atom. The molecule has 1 aliphatic heterocycles. The second-order valence-corrected chi connectivity index (χ2v) is 5.33. The first-order chi connectivity index (χ1) is 9.24. The number of fused-ring (bicyclic) bond motifs is 1. The number of rotatable bonds is 2. The molecule has 0 fully saturated rings. The van der Waals surface area contributed by atoms with Crippen LogP contribution < -0.4 is 5.73 Å². The van der Waals surface area contributed by atoms with E-state index >= 15 is 0 Å². The molecular weight excluding hydrogens is 232 g/mol. The lowest BCUT2D eigenvalue weighted by Gasteiger charge is -2.34. The normalized spacial score (nSPS) is 16.9. The van der Waals surface area contributed by atoms with Crippen LogP contribution in [0.3, 0.4) is 0 Å². The van der Waals surface area contributed by atoms with Crippen LogP contribution in [0, 0.1) is 0 Å². The van der Waals surface area contributed by atoms with Gasteiger partial charge in [0.2, 0.25) is 0 Å². The van der Waals surface area contributed by atoms with E-state index in [0.717, 1.165) is 25.2 Å². The molecule has 19 heavy (non-hydrogen) atoms. The van der Waals surface area contributed by atoms with Crippen molar-refractivity contribution >= 4 is 5.69 Å². The van der Waals surface area contributed by atoms with Crippen molar-refractivity contribution < 1.29 is 0 Å². The minimum atomic E-state index is 0.439. The zero-order chi connectivity index (χ0) is 13.2. The van der Waals surface area contributed by atoms with E-state index in [4.69, 9.17) is 5.73 Å². The Kier molecular flexibility index (Phi) is 3.26. The summed E-state index contributed by atoms with van der Waals surface area (Å²) in [6.45, 7) is 4.45. The standard InChI is InChI=1S/C17H20N2/c1-13(14-6-8-17(18)9-7-14)19-11-10-15-4-2-3-5-16(15)12-19/h2-9,13H,10-12,18H2,1H3. The number of hydrogen-bond donors (Lipinski definition) is 1. The monoisotopic (exact) mass is 252 g/mol. The minimum absolute atomic E-state index is 0.439. The second kappa shape index (κ2) is 5.06. The van der Waals surface area contributed by atoms with Crippen LogP contribution in [0.25, 0.3) is 0 Å². The van der Waals surface area contributed by atoms with Gasteiger partial charge in [0, 0.05) is 24.8 Å². The lowest BCUT2D eigenvalue weighted by Crippen LogP contribution is -2.32. The Labute approximate surface area is 114 Å². The van der Waals surface area contributed by atoms with Crippen molar-refractivity contribution in [3.8, 4) is 0 Å². The summed E-state index contributed by atoms with van der Waals surface area (Å²) in [5.74, 6) is 0. The Morgan fingerprint density at radius 3 is 2.42 bits per heavy atom. The van der Waals surface area contributed by atoms with Gasteiger partial charge in [-0.05, 0) is 42.2 Å². The molecule has 1 aliphatic rings. The van der Waals surface area contributed by atoms with Crippen molar-refractivity contribution in [1.82, 2.24) is 4.90 Å². The van der Waals surface area contributed by atoms with Gasteiger partial charge in [0.15, 0.2) is 0 Å². The highest BCUT2D eigenvalue weighted by Crippen LogP contribution is 2.27. The molecular formula is C17H20N2. The molecule has 1 atom stereocenters. The number of nitrogens with two attached hydrogens (primary N) is 1. The first kappa shape index (κ1) is 12.2. The van der Waals surface area contributed by atoms with Gasteiger partial charge in [-0.25, -0.2) is 0 Å². The molecule has 0 saturated heterocycles. The summed E-state index contributed by atoms with van der Waals surface area (Å²) in [4.78, 5) is 2.54. The van der Waals surface area contributed by atoms with Crippen LogP contribution in [0.5, 0.6) is 0 Å². The van der Waals surface area contributed by atoms with E-state index in [-0.39, 0.29) is 0 Å². The molecule has 0 aliphatic carbocycles. The molecule has 0 aromatic heterocycles. The summed E-state index contributed by atoms with van der Waals surface area (Å²) < 4.78 is 0. The van der Waals surface area contributed by atoms with E-state index in [9.17, 15) is 0 Å². The first-order valence-electron chi connectivity index (χ1n) is 6.90. The van der Waals surface area contributed by atoms with Crippen LogP contribution in [0.2, 0.25) is 0 Å². The molecule has 0 amide bonds. The number of nitrogens with zero attached hydrogens (tertiary/aromatic N) is 1. The third-order valence-corrected chi connectivity index (χ3v) is 4.13. The van der Waals surface area contributed by atoms with Crippen LogP contribution in [0.1, 0.15) is 29.7 Å². The predicted octanol–water partition coefficient (Wildman–Crippen LogP) is 3.39. The molecule has 1 heterocycles. The van der Waals surface area contributed by atoms with Crippen molar-refractivity contribution in [2.45, 2.75) is 25.9 Å². The van der Waals surface area contributed by atoms with Crippen molar-refractivity contribution in [3.63, 3.8) is 0 Å². The lowest BCUT2D eigenvalue weighted by molar-refractivity contribution is 0.192. The smallest absolute Gasteiger partial charge is 0.0323 e. The van der Waals surface area contributed by atoms with Crippen LogP contribution in [-0.4, -0.2) is 11.4 Å². The summed E-state index contributed by atoms with van der Waals surface area (Å²) in [5, 5.41) is 0. The molecule has 3 rings (SSSR count). The maximum atomic E-state index is 5.75. The summed E-state index contributed by atoms with van der Waals surface area (Å²) >= 11 is 0. The molecule has 2 heteroatoms. The van der Waals surface area contributed by atoms with Crippen molar-refractivity contribution in [1.29, 1.82) is 0 Å². The van der Waals surface area contributed by atoms with Crippen LogP contribution >= 0.6 is 0 Å². The van der Waals surface area contributed by atoms with E-state index in [1.807, 2.05) is 12.1 Å². The molecule has 0 bridgehead atoms. The fraction of sp³-hybridized carbons (Fsp3) is 0.294. The Morgan fingerprint density at radius 2 is 1.68 bits per heavy atom. The minimum Gasteiger partial charge on any atom is -0.399 e. The van der Waals surface area contributed by atoms with Gasteiger partial charge in [-0.3, -0.25) is 4.90 Å². The number of anilines is 1. The van der Waals surface area contributed by atoms with Crippen molar-refractivity contribution in [3.05, 3.63) is 65.2 Å². The van der Waals surface area contributed by atoms with E-state index in [2.05, 4.69) is 48.2 Å². The van der Waals surface area contributed by atoms with Gasteiger partial charge < -0.3 is 5.73 Å². The van der Waals surface area contributed by atoms with Crippen LogP contribution in [0.15, 0.2) is 48.5 Å². The van der Waals surface area contributed by atoms with Gasteiger partial charge in [0.05, 0.1) is 0 Å². The van der Waals surface area contributed by atoms with E-state index in [1.165, 1.54) is 16.7 Å². The third-order valence-electron chi connectivity index (χ3n) is 4.13. The molecule has 2 N–H and O–H groups in total. The molecule has 1 unspecified atom stereocenters. The summed E-state index contributed by atoms with van der Waals surface area (Å²) in [6, 6.07) is 17.5. The molecule has 0 saturated carbocycles. The molecule has 2 nitrogen and oxygen atoms in total. The van der Waals surface area contributed by atoms with Crippen LogP contribution in [-0.2, 0) is 13.0 Å². The maximum Gasteiger partial charge on any atom is 0.0323 e. The topological polar surface area (TPSA) is 29.3 Å². The molecule has 0 radical (unpaired) electrons. The number of nitrogen functional groups attached to an aromatic ring is 1. The highest BCUT2D eigenvalue weighted by molar-refractivity contribution is 5.40. The SMILES string of the molecule is CC(c1ccc(N)cc1)N1CCc2ccccc2C1. The zero-order valence-electron chi connectivity index (χ0n) is 11.3. The average Bonchev–Trinajstić information content (AvgIpc) is 2.47. The molecule has 2 aromatic carbocycles. The highest BCUT2D eigenvalue weighted by atomic mass is 15.2. The number of hydrogen-bond acceptors (Lipinski definition) is 2. The lowest BCUT2D eigenvalue weighted by atomic mass is 9.97.